The molecular formula is C18H15N5O2. The molecule has 1 aromatic carbocycles. The number of para-hydroxylation sites is 2. The smallest absolute Gasteiger partial charge is 0.265 e. The van der Waals surface area contributed by atoms with E-state index in [0.29, 0.717) is 33.0 Å². The van der Waals surface area contributed by atoms with Gasteiger partial charge in [-0.15, -0.1) is 0 Å². The van der Waals surface area contributed by atoms with E-state index in [1.807, 2.05) is 12.1 Å². The average Bonchev–Trinajstić information content (AvgIpc) is 3.38. The van der Waals surface area contributed by atoms with E-state index >= 15 is 0 Å². The number of nitrogens with zero attached hydrogens (tertiary/aromatic N) is 3. The molecule has 7 nitrogen and oxygen atoms in total. The van der Waals surface area contributed by atoms with Crippen molar-refractivity contribution < 1.29 is 4.79 Å². The molecule has 0 bridgehead atoms. The number of pyridine rings is 1. The highest BCUT2D eigenvalue weighted by Gasteiger charge is 2.29. The topological polar surface area (TPSA) is 99.3 Å². The molecule has 124 valence electrons. The van der Waals surface area contributed by atoms with Crippen LogP contribution in [-0.2, 0) is 4.79 Å². The zero-order valence-electron chi connectivity index (χ0n) is 13.5. The number of carbonyl (C=O) groups excluding carboxylic acids is 1. The summed E-state index contributed by atoms with van der Waals surface area (Å²) in [7, 11) is 0. The van der Waals surface area contributed by atoms with Gasteiger partial charge in [-0.25, -0.2) is 4.98 Å². The van der Waals surface area contributed by atoms with Gasteiger partial charge >= 0.3 is 0 Å². The normalized spacial score (nSPS) is 14.6. The van der Waals surface area contributed by atoms with Gasteiger partial charge in [0.15, 0.2) is 5.65 Å². The Morgan fingerprint density at radius 1 is 1.40 bits per heavy atom. The molecule has 25 heavy (non-hydrogen) atoms. The summed E-state index contributed by atoms with van der Waals surface area (Å²) in [5, 5.41) is 9.86. The third-order valence-electron chi connectivity index (χ3n) is 4.47. The number of carbonyl (C=O) groups is 1. The van der Waals surface area contributed by atoms with Crippen LogP contribution < -0.4 is 21.6 Å². The second kappa shape index (κ2) is 5.60. The molecule has 1 aliphatic carbocycles. The predicted molar refractivity (Wildman–Crippen MR) is 92.1 cm³/mol. The number of hydrazine groups is 1. The molecule has 1 saturated carbocycles. The molecule has 0 saturated heterocycles. The molecule has 0 spiro atoms. The number of hydrogen-bond acceptors (Lipinski definition) is 5. The van der Waals surface area contributed by atoms with Crippen molar-refractivity contribution in [2.24, 2.45) is 5.92 Å². The monoisotopic (exact) mass is 333 g/mol. The van der Waals surface area contributed by atoms with Crippen LogP contribution in [0.4, 0.5) is 0 Å². The zero-order chi connectivity index (χ0) is 17.6. The molecule has 1 amide bonds. The summed E-state index contributed by atoms with van der Waals surface area (Å²) in [5.74, 6) is -0.0283. The fourth-order valence-corrected chi connectivity index (χ4v) is 2.91. The van der Waals surface area contributed by atoms with Gasteiger partial charge in [0.1, 0.15) is 6.07 Å². The lowest BCUT2D eigenvalue weighted by molar-refractivity contribution is -0.122. The molecule has 0 radical (unpaired) electrons. The lowest BCUT2D eigenvalue weighted by atomic mass is 10.1. The van der Waals surface area contributed by atoms with Crippen LogP contribution in [0.2, 0.25) is 0 Å². The Morgan fingerprint density at radius 2 is 2.16 bits per heavy atom. The van der Waals surface area contributed by atoms with Gasteiger partial charge in [-0.2, -0.15) is 5.26 Å². The number of nitrogens with one attached hydrogen (secondary N) is 2. The lowest BCUT2D eigenvalue weighted by Gasteiger charge is -2.05. The predicted octanol–water partition coefficient (Wildman–Crippen LogP) is 0.515. The standard InChI is InChI=1S/C18H15N5O2/c1-10-12(8-19)16-21-14-4-2-3-5-15(14)23(16)18(25)13(10)9-20-22-17(24)11-6-7-11/h2-5,9,11,20H,6-7H2,1H3,(H,22,24). The number of fused-ring (bicyclic) bond motifs is 3. The molecular weight excluding hydrogens is 318 g/mol. The van der Waals surface area contributed by atoms with Crippen molar-refractivity contribution in [1.82, 2.24) is 20.2 Å². The number of hydrogen-bond donors (Lipinski definition) is 2. The Labute approximate surface area is 142 Å². The third kappa shape index (κ3) is 2.39. The first-order valence-corrected chi connectivity index (χ1v) is 8.01. The first kappa shape index (κ1) is 15.1. The van der Waals surface area contributed by atoms with Crippen LogP contribution in [0, 0.1) is 24.2 Å². The van der Waals surface area contributed by atoms with Gasteiger partial charge in [-0.3, -0.25) is 19.4 Å². The van der Waals surface area contributed by atoms with Crippen molar-refractivity contribution >= 4 is 28.8 Å². The molecule has 0 atom stereocenters. The van der Waals surface area contributed by atoms with E-state index in [-0.39, 0.29) is 17.4 Å². The summed E-state index contributed by atoms with van der Waals surface area (Å²) in [4.78, 5) is 29.1. The summed E-state index contributed by atoms with van der Waals surface area (Å²) in [6.07, 6.45) is 3.23. The molecule has 2 aromatic heterocycles. The Hall–Kier alpha value is -3.40. The van der Waals surface area contributed by atoms with E-state index in [9.17, 15) is 14.9 Å². The lowest BCUT2D eigenvalue weighted by Crippen LogP contribution is -2.40. The van der Waals surface area contributed by atoms with Crippen molar-refractivity contribution in [1.29, 1.82) is 5.26 Å². The van der Waals surface area contributed by atoms with Crippen LogP contribution >= 0.6 is 0 Å². The van der Waals surface area contributed by atoms with Crippen LogP contribution in [0.25, 0.3) is 22.9 Å². The zero-order valence-corrected chi connectivity index (χ0v) is 13.5. The van der Waals surface area contributed by atoms with Crippen molar-refractivity contribution in [3.8, 4) is 6.07 Å². The van der Waals surface area contributed by atoms with Gasteiger partial charge in [0, 0.05) is 12.1 Å². The Bertz CT molecular complexity index is 1170. The summed E-state index contributed by atoms with van der Waals surface area (Å²) in [6, 6.07) is 9.38. The maximum Gasteiger partial charge on any atom is 0.265 e. The molecule has 2 heterocycles. The fourth-order valence-electron chi connectivity index (χ4n) is 2.91. The maximum atomic E-state index is 12.9. The van der Waals surface area contributed by atoms with Gasteiger partial charge in [0.05, 0.1) is 21.8 Å². The third-order valence-corrected chi connectivity index (χ3v) is 4.47. The summed E-state index contributed by atoms with van der Waals surface area (Å²) in [5.41, 5.74) is 7.51. The second-order valence-corrected chi connectivity index (χ2v) is 6.14. The molecule has 1 aliphatic rings. The second-order valence-electron chi connectivity index (χ2n) is 6.14. The SMILES string of the molecule is Cc1c(C#N)c2nc3ccccc3n2c(=O)c1=CNNC(=O)C1CC1. The molecule has 0 unspecified atom stereocenters. The minimum absolute atomic E-state index is 0.0588. The molecule has 0 aliphatic heterocycles. The van der Waals surface area contributed by atoms with E-state index in [4.69, 9.17) is 0 Å². The number of nitriles is 1. The van der Waals surface area contributed by atoms with E-state index in [2.05, 4.69) is 21.9 Å². The molecule has 7 heteroatoms. The highest BCUT2D eigenvalue weighted by atomic mass is 16.2. The average molecular weight is 333 g/mol. The first-order valence-electron chi connectivity index (χ1n) is 8.01. The Balaban J connectivity index is 1.91. The number of amides is 1. The Morgan fingerprint density at radius 3 is 2.88 bits per heavy atom. The van der Waals surface area contributed by atoms with Gasteiger partial charge in [-0.05, 0) is 37.5 Å². The molecule has 4 rings (SSSR count). The fraction of sp³-hybridized carbons (Fsp3) is 0.222. The van der Waals surface area contributed by atoms with Gasteiger partial charge in [0.2, 0.25) is 5.91 Å². The van der Waals surface area contributed by atoms with Crippen molar-refractivity contribution in [2.75, 3.05) is 0 Å². The van der Waals surface area contributed by atoms with Gasteiger partial charge in [-0.1, -0.05) is 12.1 Å². The van der Waals surface area contributed by atoms with Crippen LogP contribution in [0.15, 0.2) is 29.1 Å². The van der Waals surface area contributed by atoms with Crippen molar-refractivity contribution in [3.63, 3.8) is 0 Å². The van der Waals surface area contributed by atoms with E-state index < -0.39 is 0 Å². The van der Waals surface area contributed by atoms with E-state index in [0.717, 1.165) is 12.8 Å². The molecule has 2 N–H and O–H groups in total. The van der Waals surface area contributed by atoms with Crippen LogP contribution in [0.3, 0.4) is 0 Å². The summed E-state index contributed by atoms with van der Waals surface area (Å²) in [6.45, 7) is 1.70. The highest BCUT2D eigenvalue weighted by molar-refractivity contribution is 5.83. The van der Waals surface area contributed by atoms with Crippen molar-refractivity contribution in [2.45, 2.75) is 19.8 Å². The number of rotatable bonds is 3. The first-order chi connectivity index (χ1) is 12.1. The van der Waals surface area contributed by atoms with Crippen LogP contribution in [0.5, 0.6) is 0 Å². The quantitative estimate of drug-likeness (QED) is 0.681. The van der Waals surface area contributed by atoms with Crippen LogP contribution in [-0.4, -0.2) is 15.3 Å². The summed E-state index contributed by atoms with van der Waals surface area (Å²) < 4.78 is 1.44. The largest absolute Gasteiger partial charge is 0.305 e. The highest BCUT2D eigenvalue weighted by Crippen LogP contribution is 2.28. The van der Waals surface area contributed by atoms with Crippen molar-refractivity contribution in [3.05, 3.63) is 51.0 Å². The Kier molecular flexibility index (Phi) is 3.39. The minimum atomic E-state index is -0.284. The number of benzene rings is 1. The van der Waals surface area contributed by atoms with Crippen LogP contribution in [0.1, 0.15) is 24.0 Å². The maximum absolute atomic E-state index is 12.9. The van der Waals surface area contributed by atoms with Gasteiger partial charge < -0.3 is 5.43 Å². The minimum Gasteiger partial charge on any atom is -0.305 e. The molecule has 1 fully saturated rings. The molecule has 3 aromatic rings. The summed E-state index contributed by atoms with van der Waals surface area (Å²) >= 11 is 0. The van der Waals surface area contributed by atoms with Gasteiger partial charge in [0.25, 0.3) is 5.56 Å². The number of aromatic nitrogens is 2. The van der Waals surface area contributed by atoms with E-state index in [1.165, 1.54) is 10.6 Å². The number of imidazole rings is 1. The van der Waals surface area contributed by atoms with E-state index in [1.54, 1.807) is 19.1 Å².